The van der Waals surface area contributed by atoms with Gasteiger partial charge in [-0.05, 0) is 31.2 Å². The van der Waals surface area contributed by atoms with Crippen molar-refractivity contribution in [3.8, 4) is 0 Å². The standard InChI is InChI=1S/C15H26N2O3.K/c1-11(14(19)20)8-17(12-4-5-12)13(18)9-16-7-6-15(2,3)10-16;/h11-12H,4-10H2,1-3H3,(H,19,20);/q;+1/p-1. The first-order valence-electron chi connectivity index (χ1n) is 7.51. The van der Waals surface area contributed by atoms with Crippen LogP contribution in [0.2, 0.25) is 0 Å². The molecule has 1 unspecified atom stereocenters. The Labute approximate surface area is 169 Å². The van der Waals surface area contributed by atoms with E-state index < -0.39 is 11.9 Å². The maximum atomic E-state index is 12.4. The van der Waals surface area contributed by atoms with Gasteiger partial charge in [0.25, 0.3) is 0 Å². The number of aliphatic carboxylic acids is 1. The van der Waals surface area contributed by atoms with Gasteiger partial charge in [0, 0.05) is 31.0 Å². The Bertz CT molecular complexity index is 396. The summed E-state index contributed by atoms with van der Waals surface area (Å²) < 4.78 is 0. The number of carboxylic acids is 1. The van der Waals surface area contributed by atoms with Crippen LogP contribution in [0.15, 0.2) is 0 Å². The number of amides is 1. The largest absolute Gasteiger partial charge is 1.00 e. The van der Waals surface area contributed by atoms with Crippen LogP contribution in [0.4, 0.5) is 0 Å². The van der Waals surface area contributed by atoms with Gasteiger partial charge in [-0.15, -0.1) is 0 Å². The second-order valence-corrected chi connectivity index (χ2v) is 7.12. The number of hydrogen-bond acceptors (Lipinski definition) is 4. The van der Waals surface area contributed by atoms with Crippen LogP contribution < -0.4 is 56.5 Å². The van der Waals surface area contributed by atoms with E-state index in [1.165, 1.54) is 0 Å². The number of likely N-dealkylation sites (tertiary alicyclic amines) is 1. The Morgan fingerprint density at radius 2 is 2.00 bits per heavy atom. The van der Waals surface area contributed by atoms with Gasteiger partial charge in [-0.25, -0.2) is 0 Å². The van der Waals surface area contributed by atoms with Gasteiger partial charge in [0.05, 0.1) is 6.54 Å². The Hall–Kier alpha value is 0.536. The molecule has 1 atom stereocenters. The van der Waals surface area contributed by atoms with Crippen LogP contribution in [0.5, 0.6) is 0 Å². The van der Waals surface area contributed by atoms with Crippen LogP contribution in [-0.4, -0.2) is 53.9 Å². The number of hydrogen-bond donors (Lipinski definition) is 0. The summed E-state index contributed by atoms with van der Waals surface area (Å²) in [6.45, 7) is 8.63. The van der Waals surface area contributed by atoms with Crippen molar-refractivity contribution in [1.82, 2.24) is 9.80 Å². The monoisotopic (exact) mass is 320 g/mol. The first-order chi connectivity index (χ1) is 9.28. The first kappa shape index (κ1) is 19.6. The summed E-state index contributed by atoms with van der Waals surface area (Å²) in [5, 5.41) is 10.9. The van der Waals surface area contributed by atoms with Crippen LogP contribution in [-0.2, 0) is 9.59 Å². The average molecular weight is 320 g/mol. The molecule has 0 aromatic rings. The molecule has 0 aromatic heterocycles. The van der Waals surface area contributed by atoms with Crippen molar-refractivity contribution in [1.29, 1.82) is 0 Å². The van der Waals surface area contributed by atoms with Crippen molar-refractivity contribution < 1.29 is 66.1 Å². The molecular formula is C15H25KN2O3. The van der Waals surface area contributed by atoms with Crippen LogP contribution in [0.25, 0.3) is 0 Å². The molecule has 1 saturated carbocycles. The van der Waals surface area contributed by atoms with Crippen molar-refractivity contribution in [2.45, 2.75) is 46.1 Å². The van der Waals surface area contributed by atoms with Crippen molar-refractivity contribution in [2.75, 3.05) is 26.2 Å². The van der Waals surface area contributed by atoms with Gasteiger partial charge in [-0.3, -0.25) is 9.69 Å². The van der Waals surface area contributed by atoms with Gasteiger partial charge in [0.15, 0.2) is 0 Å². The van der Waals surface area contributed by atoms with E-state index in [0.717, 1.165) is 32.4 Å². The smallest absolute Gasteiger partial charge is 0.550 e. The topological polar surface area (TPSA) is 63.7 Å². The van der Waals surface area contributed by atoms with Crippen LogP contribution in [0.3, 0.4) is 0 Å². The molecule has 0 bridgehead atoms. The third-order valence-corrected chi connectivity index (χ3v) is 4.30. The number of carboxylic acid groups (broad SMARTS) is 1. The van der Waals surface area contributed by atoms with E-state index in [0.29, 0.717) is 6.54 Å². The van der Waals surface area contributed by atoms with Crippen molar-refractivity contribution in [2.24, 2.45) is 11.3 Å². The van der Waals surface area contributed by atoms with E-state index >= 15 is 0 Å². The van der Waals surface area contributed by atoms with E-state index in [9.17, 15) is 14.7 Å². The third-order valence-electron chi connectivity index (χ3n) is 4.30. The van der Waals surface area contributed by atoms with Crippen LogP contribution >= 0.6 is 0 Å². The molecule has 2 aliphatic rings. The summed E-state index contributed by atoms with van der Waals surface area (Å²) in [7, 11) is 0. The van der Waals surface area contributed by atoms with E-state index in [1.54, 1.807) is 11.8 Å². The second-order valence-electron chi connectivity index (χ2n) is 7.12. The van der Waals surface area contributed by atoms with E-state index in [2.05, 4.69) is 18.7 Å². The van der Waals surface area contributed by atoms with Crippen molar-refractivity contribution >= 4 is 11.9 Å². The molecule has 1 aliphatic carbocycles. The maximum absolute atomic E-state index is 12.4. The molecule has 5 nitrogen and oxygen atoms in total. The summed E-state index contributed by atoms with van der Waals surface area (Å²) in [6, 6.07) is 0.250. The minimum atomic E-state index is -1.08. The number of carbonyl (C=O) groups excluding carboxylic acids is 2. The van der Waals surface area contributed by atoms with E-state index in [1.807, 2.05) is 0 Å². The molecule has 0 radical (unpaired) electrons. The summed E-state index contributed by atoms with van der Waals surface area (Å²) in [5.41, 5.74) is 0.281. The average Bonchev–Trinajstić information content (AvgIpc) is 3.11. The molecule has 0 aromatic carbocycles. The molecular weight excluding hydrogens is 295 g/mol. The molecule has 114 valence electrons. The molecule has 6 heteroatoms. The second kappa shape index (κ2) is 7.88. The fourth-order valence-corrected chi connectivity index (χ4v) is 2.85. The van der Waals surface area contributed by atoms with Gasteiger partial charge in [0.1, 0.15) is 0 Å². The van der Waals surface area contributed by atoms with Crippen LogP contribution in [0, 0.1) is 11.3 Å². The number of nitrogens with zero attached hydrogens (tertiary/aromatic N) is 2. The van der Waals surface area contributed by atoms with E-state index in [4.69, 9.17) is 0 Å². The molecule has 2 rings (SSSR count). The van der Waals surface area contributed by atoms with Gasteiger partial charge in [-0.2, -0.15) is 0 Å². The number of carbonyl (C=O) groups is 2. The molecule has 1 heterocycles. The van der Waals surface area contributed by atoms with E-state index in [-0.39, 0.29) is 75.3 Å². The quantitative estimate of drug-likeness (QED) is 0.493. The zero-order valence-corrected chi connectivity index (χ0v) is 16.8. The molecule has 0 spiro atoms. The SMILES string of the molecule is CC(CN(C(=O)CN1CCC(C)(C)C1)C1CC1)C(=O)[O-].[K+]. The predicted octanol–water partition coefficient (Wildman–Crippen LogP) is -2.90. The normalized spacial score (nSPS) is 22.4. The zero-order valence-electron chi connectivity index (χ0n) is 13.7. The summed E-state index contributed by atoms with van der Waals surface area (Å²) >= 11 is 0. The summed E-state index contributed by atoms with van der Waals surface area (Å²) in [6.07, 6.45) is 3.10. The van der Waals surface area contributed by atoms with Gasteiger partial charge >= 0.3 is 51.4 Å². The summed E-state index contributed by atoms with van der Waals surface area (Å²) in [5.74, 6) is -1.61. The molecule has 1 aliphatic heterocycles. The number of rotatable bonds is 6. The zero-order chi connectivity index (χ0) is 14.9. The Kier molecular flexibility index (Phi) is 7.35. The van der Waals surface area contributed by atoms with Crippen LogP contribution in [0.1, 0.15) is 40.0 Å². The third kappa shape index (κ3) is 5.92. The minimum Gasteiger partial charge on any atom is -0.550 e. The molecule has 21 heavy (non-hydrogen) atoms. The maximum Gasteiger partial charge on any atom is 1.00 e. The molecule has 1 saturated heterocycles. The minimum absolute atomic E-state index is 0. The molecule has 2 fully saturated rings. The predicted molar refractivity (Wildman–Crippen MR) is 73.7 cm³/mol. The molecule has 1 amide bonds. The Morgan fingerprint density at radius 1 is 1.38 bits per heavy atom. The first-order valence-corrected chi connectivity index (χ1v) is 7.51. The van der Waals surface area contributed by atoms with Crippen molar-refractivity contribution in [3.05, 3.63) is 0 Å². The Morgan fingerprint density at radius 3 is 2.43 bits per heavy atom. The fourth-order valence-electron chi connectivity index (χ4n) is 2.85. The van der Waals surface area contributed by atoms with Gasteiger partial charge in [0.2, 0.25) is 5.91 Å². The summed E-state index contributed by atoms with van der Waals surface area (Å²) in [4.78, 5) is 27.2. The Balaban J connectivity index is 0.00000220. The fraction of sp³-hybridized carbons (Fsp3) is 0.867. The van der Waals surface area contributed by atoms with Gasteiger partial charge < -0.3 is 14.8 Å². The van der Waals surface area contributed by atoms with Crippen molar-refractivity contribution in [3.63, 3.8) is 0 Å². The molecule has 0 N–H and O–H groups in total. The van der Waals surface area contributed by atoms with Gasteiger partial charge in [-0.1, -0.05) is 20.8 Å².